The van der Waals surface area contributed by atoms with Gasteiger partial charge in [0, 0.05) is 31.7 Å². The van der Waals surface area contributed by atoms with Crippen LogP contribution in [-0.2, 0) is 0 Å². The van der Waals surface area contributed by atoms with Gasteiger partial charge in [-0.05, 0) is 43.9 Å². The number of rotatable bonds is 8. The summed E-state index contributed by atoms with van der Waals surface area (Å²) in [7, 11) is 3.45. The summed E-state index contributed by atoms with van der Waals surface area (Å²) in [6, 6.07) is 3.68. The summed E-state index contributed by atoms with van der Waals surface area (Å²) in [5.74, 6) is 1.53. The van der Waals surface area contributed by atoms with Gasteiger partial charge in [0.25, 0.3) is 5.91 Å². The molecule has 1 aliphatic rings. The van der Waals surface area contributed by atoms with Gasteiger partial charge in [-0.3, -0.25) is 4.79 Å². The second kappa shape index (κ2) is 10.2. The van der Waals surface area contributed by atoms with Crippen molar-refractivity contribution in [3.05, 3.63) is 22.7 Å². The second-order valence-electron chi connectivity index (χ2n) is 7.60. The number of amides is 1. The molecule has 0 spiro atoms. The summed E-state index contributed by atoms with van der Waals surface area (Å²) >= 11 is 6.42. The summed E-state index contributed by atoms with van der Waals surface area (Å²) in [6.07, 6.45) is 2.92. The Morgan fingerprint density at radius 3 is 2.56 bits per heavy atom. The highest BCUT2D eigenvalue weighted by Crippen LogP contribution is 2.37. The van der Waals surface area contributed by atoms with E-state index in [1.165, 1.54) is 0 Å². The van der Waals surface area contributed by atoms with Crippen LogP contribution in [-0.4, -0.2) is 62.1 Å². The maximum Gasteiger partial charge on any atom is 0.254 e. The van der Waals surface area contributed by atoms with Crippen LogP contribution in [0.2, 0.25) is 5.02 Å². The lowest BCUT2D eigenvalue weighted by atomic mass is 10.0. The van der Waals surface area contributed by atoms with E-state index in [1.54, 1.807) is 19.2 Å². The molecular formula is C21H33ClN2O3. The van der Waals surface area contributed by atoms with Crippen LogP contribution in [0.5, 0.6) is 11.5 Å². The number of carbonyl (C=O) groups excluding carboxylic acids is 1. The van der Waals surface area contributed by atoms with Crippen molar-refractivity contribution in [1.82, 2.24) is 9.80 Å². The van der Waals surface area contributed by atoms with Crippen LogP contribution in [0.4, 0.5) is 0 Å². The van der Waals surface area contributed by atoms with Crippen molar-refractivity contribution >= 4 is 17.5 Å². The van der Waals surface area contributed by atoms with E-state index in [4.69, 9.17) is 21.1 Å². The van der Waals surface area contributed by atoms with Crippen molar-refractivity contribution in [3.8, 4) is 11.5 Å². The highest BCUT2D eigenvalue weighted by Gasteiger charge is 2.26. The van der Waals surface area contributed by atoms with Crippen LogP contribution in [0.1, 0.15) is 50.4 Å². The van der Waals surface area contributed by atoms with E-state index < -0.39 is 0 Å². The van der Waals surface area contributed by atoms with Gasteiger partial charge in [-0.15, -0.1) is 0 Å². The number of likely N-dealkylation sites (tertiary alicyclic amines) is 1. The third-order valence-corrected chi connectivity index (χ3v) is 5.57. The Labute approximate surface area is 168 Å². The molecule has 1 aromatic carbocycles. The average Bonchev–Trinajstić information content (AvgIpc) is 2.67. The molecule has 1 fully saturated rings. The van der Waals surface area contributed by atoms with Crippen molar-refractivity contribution in [2.75, 3.05) is 40.4 Å². The first kappa shape index (κ1) is 21.8. The summed E-state index contributed by atoms with van der Waals surface area (Å²) in [5, 5.41) is 0.413. The number of benzene rings is 1. The average molecular weight is 397 g/mol. The van der Waals surface area contributed by atoms with Crippen molar-refractivity contribution in [3.63, 3.8) is 0 Å². The van der Waals surface area contributed by atoms with Crippen LogP contribution in [0.25, 0.3) is 0 Å². The summed E-state index contributed by atoms with van der Waals surface area (Å²) < 4.78 is 11.3. The maximum absolute atomic E-state index is 13.0. The Kier molecular flexibility index (Phi) is 8.24. The number of piperidine rings is 1. The van der Waals surface area contributed by atoms with E-state index in [9.17, 15) is 4.79 Å². The predicted octanol–water partition coefficient (Wildman–Crippen LogP) is 4.33. The molecule has 0 atom stereocenters. The fourth-order valence-corrected chi connectivity index (χ4v) is 3.64. The molecule has 0 unspecified atom stereocenters. The maximum atomic E-state index is 13.0. The zero-order valence-electron chi connectivity index (χ0n) is 17.3. The monoisotopic (exact) mass is 396 g/mol. The number of hydrogen-bond acceptors (Lipinski definition) is 4. The van der Waals surface area contributed by atoms with Crippen LogP contribution >= 0.6 is 11.6 Å². The fourth-order valence-electron chi connectivity index (χ4n) is 3.37. The number of halogens is 1. The second-order valence-corrected chi connectivity index (χ2v) is 8.01. The van der Waals surface area contributed by atoms with Crippen LogP contribution < -0.4 is 9.47 Å². The lowest BCUT2D eigenvalue weighted by Crippen LogP contribution is -2.45. The van der Waals surface area contributed by atoms with Gasteiger partial charge in [0.2, 0.25) is 0 Å². The molecule has 1 amide bonds. The third kappa shape index (κ3) is 5.76. The van der Waals surface area contributed by atoms with E-state index in [2.05, 4.69) is 25.7 Å². The zero-order valence-corrected chi connectivity index (χ0v) is 18.0. The molecule has 5 nitrogen and oxygen atoms in total. The molecule has 0 saturated carbocycles. The van der Waals surface area contributed by atoms with Gasteiger partial charge in [-0.25, -0.2) is 0 Å². The Bertz CT molecular complexity index is 628. The Morgan fingerprint density at radius 1 is 1.33 bits per heavy atom. The van der Waals surface area contributed by atoms with E-state index in [0.29, 0.717) is 34.6 Å². The molecule has 27 heavy (non-hydrogen) atoms. The molecule has 0 bridgehead atoms. The van der Waals surface area contributed by atoms with E-state index in [1.807, 2.05) is 11.9 Å². The Hall–Kier alpha value is -1.46. The molecule has 152 valence electrons. The minimum absolute atomic E-state index is 0.0288. The van der Waals surface area contributed by atoms with Crippen molar-refractivity contribution in [2.24, 2.45) is 5.92 Å². The molecule has 1 aliphatic heterocycles. The quantitative estimate of drug-likeness (QED) is 0.655. The molecule has 0 aliphatic carbocycles. The Morgan fingerprint density at radius 2 is 2.00 bits per heavy atom. The van der Waals surface area contributed by atoms with Gasteiger partial charge in [0.05, 0.1) is 18.7 Å². The van der Waals surface area contributed by atoms with E-state index in [-0.39, 0.29) is 11.9 Å². The molecule has 6 heteroatoms. The number of carbonyl (C=O) groups is 1. The van der Waals surface area contributed by atoms with Gasteiger partial charge >= 0.3 is 0 Å². The summed E-state index contributed by atoms with van der Waals surface area (Å²) in [6.45, 7) is 10.2. The fraction of sp³-hybridized carbons (Fsp3) is 0.667. The van der Waals surface area contributed by atoms with E-state index >= 15 is 0 Å². The number of methoxy groups -OCH3 is 1. The van der Waals surface area contributed by atoms with Crippen LogP contribution in [0.15, 0.2) is 12.1 Å². The summed E-state index contributed by atoms with van der Waals surface area (Å²) in [5.41, 5.74) is 0.536. The standard InChI is InChI=1S/C21H33ClN2O3/c1-6-24-10-7-17(8-11-24)23(4)21(25)16-13-18(22)20(19(14-16)26-5)27-12-9-15(2)3/h13-15,17H,6-12H2,1-5H3. The van der Waals surface area contributed by atoms with Gasteiger partial charge in [0.1, 0.15) is 0 Å². The summed E-state index contributed by atoms with van der Waals surface area (Å²) in [4.78, 5) is 17.2. The third-order valence-electron chi connectivity index (χ3n) is 5.29. The van der Waals surface area contributed by atoms with Crippen LogP contribution in [0.3, 0.4) is 0 Å². The van der Waals surface area contributed by atoms with Gasteiger partial charge in [-0.2, -0.15) is 0 Å². The largest absolute Gasteiger partial charge is 0.493 e. The van der Waals surface area contributed by atoms with Gasteiger partial charge in [-0.1, -0.05) is 32.4 Å². The molecule has 1 aromatic rings. The van der Waals surface area contributed by atoms with Gasteiger partial charge < -0.3 is 19.3 Å². The molecule has 2 rings (SSSR count). The number of hydrogen-bond donors (Lipinski definition) is 0. The minimum Gasteiger partial charge on any atom is -0.493 e. The molecule has 1 saturated heterocycles. The highest BCUT2D eigenvalue weighted by atomic mass is 35.5. The van der Waals surface area contributed by atoms with Crippen LogP contribution in [0, 0.1) is 5.92 Å². The van der Waals surface area contributed by atoms with E-state index in [0.717, 1.165) is 38.9 Å². The van der Waals surface area contributed by atoms with Crippen molar-refractivity contribution < 1.29 is 14.3 Å². The lowest BCUT2D eigenvalue weighted by molar-refractivity contribution is 0.0646. The van der Waals surface area contributed by atoms with Crippen molar-refractivity contribution in [1.29, 1.82) is 0 Å². The smallest absolute Gasteiger partial charge is 0.254 e. The first-order valence-electron chi connectivity index (χ1n) is 9.87. The number of ether oxygens (including phenoxy) is 2. The molecule has 0 N–H and O–H groups in total. The first-order chi connectivity index (χ1) is 12.9. The SMILES string of the molecule is CCN1CCC(N(C)C(=O)c2cc(Cl)c(OCCC(C)C)c(OC)c2)CC1. The lowest BCUT2D eigenvalue weighted by Gasteiger charge is -2.36. The molecular weight excluding hydrogens is 364 g/mol. The highest BCUT2D eigenvalue weighted by molar-refractivity contribution is 6.32. The zero-order chi connectivity index (χ0) is 20.0. The minimum atomic E-state index is -0.0288. The molecule has 0 radical (unpaired) electrons. The first-order valence-corrected chi connectivity index (χ1v) is 10.2. The molecule has 1 heterocycles. The number of nitrogens with zero attached hydrogens (tertiary/aromatic N) is 2. The molecule has 0 aromatic heterocycles. The predicted molar refractivity (Wildman–Crippen MR) is 110 cm³/mol. The van der Waals surface area contributed by atoms with Crippen molar-refractivity contribution in [2.45, 2.75) is 46.1 Å². The van der Waals surface area contributed by atoms with Gasteiger partial charge in [0.15, 0.2) is 11.5 Å². The normalized spacial score (nSPS) is 15.8. The topological polar surface area (TPSA) is 42.0 Å². The Balaban J connectivity index is 2.10.